The number of amides is 1. The van der Waals surface area contributed by atoms with Crippen LogP contribution in [0.15, 0.2) is 97.2 Å². The first-order valence-electron chi connectivity index (χ1n) is 33.1. The van der Waals surface area contributed by atoms with Crippen molar-refractivity contribution in [3.63, 3.8) is 0 Å². The lowest BCUT2D eigenvalue weighted by molar-refractivity contribution is -0.870. The maximum atomic E-state index is 13.6. The number of phosphoric ester groups is 1. The normalized spacial score (nSPS) is 14.2. The zero-order valence-electron chi connectivity index (χ0n) is 52.8. The van der Waals surface area contributed by atoms with Crippen molar-refractivity contribution in [1.29, 1.82) is 0 Å². The van der Waals surface area contributed by atoms with E-state index in [-0.39, 0.29) is 31.5 Å². The molecule has 0 aliphatic rings. The molecule has 0 saturated heterocycles. The molecule has 3 unspecified atom stereocenters. The molecule has 0 aromatic rings. The highest BCUT2D eigenvalue weighted by Crippen LogP contribution is 2.43. The van der Waals surface area contributed by atoms with Crippen molar-refractivity contribution >= 4 is 19.7 Å². The van der Waals surface area contributed by atoms with E-state index >= 15 is 0 Å². The second kappa shape index (κ2) is 59.1. The third-order valence-electron chi connectivity index (χ3n) is 14.3. The first kappa shape index (κ1) is 76.9. The van der Waals surface area contributed by atoms with Crippen molar-refractivity contribution in [2.75, 3.05) is 40.9 Å². The maximum Gasteiger partial charge on any atom is 0.472 e. The molecule has 0 aliphatic heterocycles. The summed E-state index contributed by atoms with van der Waals surface area (Å²) in [5.74, 6) is -0.542. The van der Waals surface area contributed by atoms with E-state index in [2.05, 4.69) is 111 Å². The highest BCUT2D eigenvalue weighted by Gasteiger charge is 2.30. The molecule has 10 heteroatoms. The molecule has 2 N–H and O–H groups in total. The second-order valence-electron chi connectivity index (χ2n) is 23.3. The first-order valence-corrected chi connectivity index (χ1v) is 34.6. The van der Waals surface area contributed by atoms with Gasteiger partial charge in [-0.3, -0.25) is 18.6 Å². The predicted octanol–water partition coefficient (Wildman–Crippen LogP) is 20.7. The van der Waals surface area contributed by atoms with Gasteiger partial charge in [0.15, 0.2) is 0 Å². The molecule has 0 rings (SSSR count). The van der Waals surface area contributed by atoms with Crippen LogP contribution in [0.4, 0.5) is 0 Å². The Bertz CT molecular complexity index is 1690. The fraction of sp³-hybridized carbons (Fsp3) is 0.743. The lowest BCUT2D eigenvalue weighted by Crippen LogP contribution is -2.47. The van der Waals surface area contributed by atoms with Gasteiger partial charge >= 0.3 is 13.8 Å². The van der Waals surface area contributed by atoms with Crippen LogP contribution in [0.2, 0.25) is 0 Å². The van der Waals surface area contributed by atoms with Crippen LogP contribution in [0.1, 0.15) is 284 Å². The van der Waals surface area contributed by atoms with Crippen LogP contribution in [0.5, 0.6) is 0 Å². The Kier molecular flexibility index (Phi) is 56.8. The zero-order valence-corrected chi connectivity index (χ0v) is 53.7. The largest absolute Gasteiger partial charge is 0.472 e. The summed E-state index contributed by atoms with van der Waals surface area (Å²) in [6.07, 6.45) is 79.8. The Morgan fingerprint density at radius 1 is 0.463 bits per heavy atom. The van der Waals surface area contributed by atoms with E-state index in [1.54, 1.807) is 0 Å². The molecule has 0 bridgehead atoms. The van der Waals surface area contributed by atoms with Crippen LogP contribution in [-0.4, -0.2) is 74.3 Å². The van der Waals surface area contributed by atoms with Gasteiger partial charge in [0.2, 0.25) is 5.91 Å². The molecule has 0 saturated carbocycles. The van der Waals surface area contributed by atoms with Gasteiger partial charge in [-0.1, -0.05) is 266 Å². The van der Waals surface area contributed by atoms with Crippen LogP contribution in [0.3, 0.4) is 0 Å². The molecule has 0 spiro atoms. The van der Waals surface area contributed by atoms with E-state index in [0.717, 1.165) is 109 Å². The van der Waals surface area contributed by atoms with E-state index < -0.39 is 20.0 Å². The average molecular weight is 1140 g/mol. The van der Waals surface area contributed by atoms with E-state index in [1.165, 1.54) is 135 Å². The van der Waals surface area contributed by atoms with Gasteiger partial charge in [-0.05, 0) is 102 Å². The predicted molar refractivity (Wildman–Crippen MR) is 346 cm³/mol. The summed E-state index contributed by atoms with van der Waals surface area (Å²) in [7, 11) is 1.47. The topological polar surface area (TPSA) is 111 Å². The number of likely N-dealkylation sites (N-methyl/N-ethyl adjacent to an activating group) is 1. The van der Waals surface area contributed by atoms with Gasteiger partial charge in [-0.15, -0.1) is 0 Å². The van der Waals surface area contributed by atoms with E-state index in [9.17, 15) is 19.0 Å². The van der Waals surface area contributed by atoms with Crippen molar-refractivity contribution in [3.8, 4) is 0 Å². The number of rotatable bonds is 59. The monoisotopic (exact) mass is 1140 g/mol. The summed E-state index contributed by atoms with van der Waals surface area (Å²) in [6.45, 7) is 6.88. The molecule has 3 atom stereocenters. The van der Waals surface area contributed by atoms with E-state index in [0.29, 0.717) is 23.9 Å². The number of nitrogens with one attached hydrogen (secondary N) is 1. The SMILES string of the molecule is CC/C=C\C/C=C\C/C=C\C/C=C\C/C=C\CCCCCCCCCCCC(=O)OC(/C=C\CCCCCCCCCCCCC)C(COP(=O)(O)OCC[N+](C)(C)C)NC(=O)CCCCC/C=C/C=C/CCCCCCCCC. The smallest absolute Gasteiger partial charge is 0.456 e. The Hall–Kier alpha value is -3.07. The number of carbonyl (C=O) groups excluding carboxylic acids is 2. The third-order valence-corrected chi connectivity index (χ3v) is 15.3. The molecule has 0 fully saturated rings. The van der Waals surface area contributed by atoms with Crippen LogP contribution in [-0.2, 0) is 27.9 Å². The van der Waals surface area contributed by atoms with E-state index in [1.807, 2.05) is 33.3 Å². The quantitative estimate of drug-likeness (QED) is 0.0156. The van der Waals surface area contributed by atoms with Gasteiger partial charge in [-0.25, -0.2) is 4.57 Å². The summed E-state index contributed by atoms with van der Waals surface area (Å²) in [5, 5.41) is 3.04. The molecule has 0 aromatic heterocycles. The lowest BCUT2D eigenvalue weighted by Gasteiger charge is -2.27. The minimum Gasteiger partial charge on any atom is -0.456 e. The van der Waals surface area contributed by atoms with Crippen molar-refractivity contribution in [1.82, 2.24) is 5.32 Å². The molecule has 462 valence electrons. The van der Waals surface area contributed by atoms with Crippen LogP contribution < -0.4 is 5.32 Å². The Morgan fingerprint density at radius 3 is 1.29 bits per heavy atom. The molecule has 9 nitrogen and oxygen atoms in total. The van der Waals surface area contributed by atoms with Crippen molar-refractivity contribution in [2.45, 2.75) is 296 Å². The molecular formula is C70H126N2O7P+. The number of phosphoric acid groups is 1. The van der Waals surface area contributed by atoms with Crippen LogP contribution in [0.25, 0.3) is 0 Å². The van der Waals surface area contributed by atoms with Gasteiger partial charge in [0.05, 0.1) is 33.8 Å². The number of esters is 1. The minimum atomic E-state index is -4.46. The number of ether oxygens (including phenoxy) is 1. The Labute approximate surface area is 494 Å². The number of unbranched alkanes of at least 4 members (excludes halogenated alkanes) is 30. The minimum absolute atomic E-state index is 0.0305. The summed E-state index contributed by atoms with van der Waals surface area (Å²) >= 11 is 0. The first-order chi connectivity index (χ1) is 38.9. The van der Waals surface area contributed by atoms with Gasteiger partial charge in [0, 0.05) is 12.8 Å². The van der Waals surface area contributed by atoms with Gasteiger partial charge in [-0.2, -0.15) is 0 Å². The standard InChI is InChI=1S/C70H125N2O7P/c1-7-10-13-16-19-22-25-28-30-32-33-34-35-36-37-38-39-40-42-45-48-51-54-57-60-63-70(74)79-68(61-58-55-52-49-46-43-27-24-21-18-15-12-9-3)67(66-78-80(75,76)77-65-64-72(4,5)6)71-69(73)62-59-56-53-50-47-44-41-31-29-26-23-20-17-14-11-8-2/h10,13,19,22,28,30-31,33-34,36-37,41,44,47,58,61,67-68H,7-9,11-12,14-18,20-21,23-27,29,32,35,38-40,42-43,45-46,48-57,59-60,62-66H2,1-6H3,(H-,71,73,75,76)/p+1/b13-10-,22-19-,30-28-,34-33-,37-36-,41-31+,47-44+,61-58-. The molecule has 0 aliphatic carbocycles. The highest BCUT2D eigenvalue weighted by atomic mass is 31.2. The maximum absolute atomic E-state index is 13.6. The van der Waals surface area contributed by atoms with Crippen molar-refractivity contribution in [3.05, 3.63) is 97.2 Å². The van der Waals surface area contributed by atoms with E-state index in [4.69, 9.17) is 13.8 Å². The fourth-order valence-electron chi connectivity index (χ4n) is 9.19. The Balaban J connectivity index is 5.22. The zero-order chi connectivity index (χ0) is 58.6. The summed E-state index contributed by atoms with van der Waals surface area (Å²) in [6, 6.07) is -0.870. The highest BCUT2D eigenvalue weighted by molar-refractivity contribution is 7.47. The third kappa shape index (κ3) is 59.5. The van der Waals surface area contributed by atoms with Crippen molar-refractivity contribution in [2.24, 2.45) is 0 Å². The fourth-order valence-corrected chi connectivity index (χ4v) is 9.93. The van der Waals surface area contributed by atoms with Crippen LogP contribution >= 0.6 is 7.82 Å². The second-order valence-corrected chi connectivity index (χ2v) is 24.7. The molecule has 0 radical (unpaired) electrons. The summed E-state index contributed by atoms with van der Waals surface area (Å²) < 4.78 is 30.7. The molecule has 0 heterocycles. The molecular weight excluding hydrogens is 1010 g/mol. The lowest BCUT2D eigenvalue weighted by atomic mass is 10.0. The Morgan fingerprint density at radius 2 is 0.838 bits per heavy atom. The number of hydrogen-bond donors (Lipinski definition) is 2. The number of quaternary nitrogens is 1. The average Bonchev–Trinajstić information content (AvgIpc) is 3.42. The number of hydrogen-bond acceptors (Lipinski definition) is 6. The van der Waals surface area contributed by atoms with Crippen LogP contribution in [0, 0.1) is 0 Å². The van der Waals surface area contributed by atoms with Gasteiger partial charge < -0.3 is 19.4 Å². The number of allylic oxidation sites excluding steroid dienone is 15. The summed E-state index contributed by atoms with van der Waals surface area (Å²) in [5.41, 5.74) is 0. The number of carbonyl (C=O) groups is 2. The molecule has 80 heavy (non-hydrogen) atoms. The number of nitrogens with zero attached hydrogens (tertiary/aromatic N) is 1. The van der Waals surface area contributed by atoms with Crippen molar-refractivity contribution < 1.29 is 37.3 Å². The van der Waals surface area contributed by atoms with Gasteiger partial charge in [0.25, 0.3) is 0 Å². The molecule has 1 amide bonds. The summed E-state index contributed by atoms with van der Waals surface area (Å²) in [4.78, 5) is 37.8. The molecule has 0 aromatic carbocycles. The van der Waals surface area contributed by atoms with Gasteiger partial charge in [0.1, 0.15) is 19.3 Å².